The zero-order valence-electron chi connectivity index (χ0n) is 11.8. The molecule has 0 atom stereocenters. The van der Waals surface area contributed by atoms with E-state index in [1.807, 2.05) is 0 Å². The van der Waals surface area contributed by atoms with Crippen molar-refractivity contribution in [3.8, 4) is 0 Å². The monoisotopic (exact) mass is 317 g/mol. The maximum absolute atomic E-state index is 11.8. The van der Waals surface area contributed by atoms with Gasteiger partial charge in [0.25, 0.3) is 0 Å². The van der Waals surface area contributed by atoms with Crippen molar-refractivity contribution in [2.45, 2.75) is 57.8 Å². The van der Waals surface area contributed by atoms with Crippen LogP contribution in [0.5, 0.6) is 0 Å². The average Bonchev–Trinajstić information content (AvgIpc) is 2.80. The van der Waals surface area contributed by atoms with Crippen LogP contribution in [0.2, 0.25) is 0 Å². The molecular weight excluding hydrogens is 294 g/mol. The molecule has 1 aliphatic carbocycles. The molecule has 0 saturated carbocycles. The van der Waals surface area contributed by atoms with Crippen molar-refractivity contribution in [3.05, 3.63) is 10.6 Å². The van der Waals surface area contributed by atoms with E-state index < -0.39 is 0 Å². The Labute approximate surface area is 131 Å². The highest BCUT2D eigenvalue weighted by Crippen LogP contribution is 2.29. The number of carbonyl (C=O) groups excluding carboxylic acids is 1. The number of aromatic nitrogens is 1. The summed E-state index contributed by atoms with van der Waals surface area (Å²) < 4.78 is 0. The Hall–Kier alpha value is -0.650. The number of hydrogen-bond acceptors (Lipinski definition) is 4. The fraction of sp³-hybridized carbons (Fsp3) is 0.714. The van der Waals surface area contributed by atoms with Gasteiger partial charge in [-0.3, -0.25) is 4.79 Å². The van der Waals surface area contributed by atoms with Crippen LogP contribution in [0.4, 0.5) is 5.13 Å². The van der Waals surface area contributed by atoms with Crippen molar-refractivity contribution in [2.75, 3.05) is 11.9 Å². The SMILES string of the molecule is Cl.NCCCCCCC(=O)Nc1nc2c(s1)CCCC2. The standard InChI is InChI=1S/C14H23N3OS.ClH/c15-10-6-2-1-3-9-13(18)17-14-16-11-7-4-5-8-12(11)19-14;/h1-10,15H2,(H,16,17,18);1H. The quantitative estimate of drug-likeness (QED) is 0.758. The van der Waals surface area contributed by atoms with Gasteiger partial charge in [0, 0.05) is 11.3 Å². The highest BCUT2D eigenvalue weighted by atomic mass is 35.5. The summed E-state index contributed by atoms with van der Waals surface area (Å²) in [6.45, 7) is 0.747. The van der Waals surface area contributed by atoms with Crippen LogP contribution in [0.3, 0.4) is 0 Å². The number of rotatable bonds is 7. The molecule has 0 fully saturated rings. The van der Waals surface area contributed by atoms with Gasteiger partial charge in [-0.25, -0.2) is 4.98 Å². The van der Waals surface area contributed by atoms with Crippen LogP contribution in [0.1, 0.15) is 55.5 Å². The van der Waals surface area contributed by atoms with E-state index >= 15 is 0 Å². The number of anilines is 1. The van der Waals surface area contributed by atoms with E-state index in [4.69, 9.17) is 5.73 Å². The smallest absolute Gasteiger partial charge is 0.226 e. The molecular formula is C14H24ClN3OS. The van der Waals surface area contributed by atoms with Crippen molar-refractivity contribution >= 4 is 34.8 Å². The fourth-order valence-electron chi connectivity index (χ4n) is 2.37. The number of nitrogens with zero attached hydrogens (tertiary/aromatic N) is 1. The van der Waals surface area contributed by atoms with Crippen LogP contribution in [0.25, 0.3) is 0 Å². The second-order valence-corrected chi connectivity index (χ2v) is 6.18. The zero-order chi connectivity index (χ0) is 13.5. The Morgan fingerprint density at radius 1 is 1.20 bits per heavy atom. The molecule has 0 aromatic carbocycles. The van der Waals surface area contributed by atoms with E-state index in [0.29, 0.717) is 6.42 Å². The average molecular weight is 318 g/mol. The normalized spacial score (nSPS) is 13.4. The first-order valence-corrected chi connectivity index (χ1v) is 8.09. The maximum Gasteiger partial charge on any atom is 0.226 e. The summed E-state index contributed by atoms with van der Waals surface area (Å²) in [4.78, 5) is 17.7. The van der Waals surface area contributed by atoms with Gasteiger partial charge in [-0.15, -0.1) is 23.7 Å². The summed E-state index contributed by atoms with van der Waals surface area (Å²) >= 11 is 1.65. The first-order chi connectivity index (χ1) is 9.29. The molecule has 1 aromatic rings. The Morgan fingerprint density at radius 2 is 1.95 bits per heavy atom. The molecule has 1 amide bonds. The van der Waals surface area contributed by atoms with E-state index in [2.05, 4.69) is 10.3 Å². The van der Waals surface area contributed by atoms with E-state index in [0.717, 1.165) is 50.2 Å². The lowest BCUT2D eigenvalue weighted by Gasteiger charge is -2.06. The molecule has 4 nitrogen and oxygen atoms in total. The molecule has 0 bridgehead atoms. The molecule has 1 heterocycles. The van der Waals surface area contributed by atoms with Crippen LogP contribution in [-0.2, 0) is 17.6 Å². The third-order valence-corrected chi connectivity index (χ3v) is 4.52. The summed E-state index contributed by atoms with van der Waals surface area (Å²) in [7, 11) is 0. The maximum atomic E-state index is 11.8. The van der Waals surface area contributed by atoms with Crippen molar-refractivity contribution < 1.29 is 4.79 Å². The number of aryl methyl sites for hydroxylation is 2. The summed E-state index contributed by atoms with van der Waals surface area (Å²) in [5.74, 6) is 0.0962. The first-order valence-electron chi connectivity index (χ1n) is 7.28. The summed E-state index contributed by atoms with van der Waals surface area (Å²) in [5.41, 5.74) is 6.64. The fourth-order valence-corrected chi connectivity index (χ4v) is 3.44. The Morgan fingerprint density at radius 3 is 2.70 bits per heavy atom. The number of thiazole rings is 1. The van der Waals surface area contributed by atoms with E-state index in [-0.39, 0.29) is 18.3 Å². The van der Waals surface area contributed by atoms with Gasteiger partial charge in [0.2, 0.25) is 5.91 Å². The minimum Gasteiger partial charge on any atom is -0.330 e. The number of fused-ring (bicyclic) bond motifs is 1. The highest BCUT2D eigenvalue weighted by molar-refractivity contribution is 7.15. The van der Waals surface area contributed by atoms with Gasteiger partial charge in [0.15, 0.2) is 5.13 Å². The molecule has 0 unspecified atom stereocenters. The van der Waals surface area contributed by atoms with Crippen molar-refractivity contribution in [3.63, 3.8) is 0 Å². The van der Waals surface area contributed by atoms with Gasteiger partial charge in [0.05, 0.1) is 5.69 Å². The zero-order valence-corrected chi connectivity index (χ0v) is 13.5. The van der Waals surface area contributed by atoms with Gasteiger partial charge in [-0.05, 0) is 45.1 Å². The molecule has 1 aromatic heterocycles. The lowest BCUT2D eigenvalue weighted by atomic mass is 10.0. The molecule has 20 heavy (non-hydrogen) atoms. The third kappa shape index (κ3) is 5.38. The molecule has 114 valence electrons. The molecule has 3 N–H and O–H groups in total. The number of nitrogens with one attached hydrogen (secondary N) is 1. The van der Waals surface area contributed by atoms with Crippen LogP contribution < -0.4 is 11.1 Å². The number of amides is 1. The van der Waals surface area contributed by atoms with Crippen LogP contribution in [0, 0.1) is 0 Å². The lowest BCUT2D eigenvalue weighted by Crippen LogP contribution is -2.11. The molecule has 0 spiro atoms. The molecule has 0 saturated heterocycles. The van der Waals surface area contributed by atoms with Gasteiger partial charge in [-0.1, -0.05) is 12.8 Å². The lowest BCUT2D eigenvalue weighted by molar-refractivity contribution is -0.116. The molecule has 2 rings (SSSR count). The number of unbranched alkanes of at least 4 members (excludes halogenated alkanes) is 3. The molecule has 0 aliphatic heterocycles. The van der Waals surface area contributed by atoms with Crippen molar-refractivity contribution in [2.24, 2.45) is 5.73 Å². The van der Waals surface area contributed by atoms with Gasteiger partial charge < -0.3 is 11.1 Å². The van der Waals surface area contributed by atoms with E-state index in [1.165, 1.54) is 23.4 Å². The van der Waals surface area contributed by atoms with Crippen molar-refractivity contribution in [1.82, 2.24) is 4.98 Å². The Bertz CT molecular complexity index is 399. The van der Waals surface area contributed by atoms with Crippen LogP contribution in [-0.4, -0.2) is 17.4 Å². The molecule has 1 aliphatic rings. The van der Waals surface area contributed by atoms with E-state index in [1.54, 1.807) is 11.3 Å². The summed E-state index contributed by atoms with van der Waals surface area (Å²) in [6, 6.07) is 0. The second kappa shape index (κ2) is 9.32. The summed E-state index contributed by atoms with van der Waals surface area (Å²) in [6.07, 6.45) is 9.47. The largest absolute Gasteiger partial charge is 0.330 e. The molecule has 6 heteroatoms. The van der Waals surface area contributed by atoms with Gasteiger partial charge >= 0.3 is 0 Å². The predicted octanol–water partition coefficient (Wildman–Crippen LogP) is 3.29. The van der Waals surface area contributed by atoms with Gasteiger partial charge in [-0.2, -0.15) is 0 Å². The minimum atomic E-state index is 0. The summed E-state index contributed by atoms with van der Waals surface area (Å²) in [5, 5.41) is 3.72. The number of halogens is 1. The predicted molar refractivity (Wildman–Crippen MR) is 86.8 cm³/mol. The van der Waals surface area contributed by atoms with E-state index in [9.17, 15) is 4.79 Å². The minimum absolute atomic E-state index is 0. The number of hydrogen-bond donors (Lipinski definition) is 2. The van der Waals surface area contributed by atoms with Crippen LogP contribution in [0.15, 0.2) is 0 Å². The highest BCUT2D eigenvalue weighted by Gasteiger charge is 2.15. The van der Waals surface area contributed by atoms with Crippen LogP contribution >= 0.6 is 23.7 Å². The Kier molecular flexibility index (Phi) is 8.11. The topological polar surface area (TPSA) is 68.0 Å². The Balaban J connectivity index is 0.00000200. The number of carbonyl (C=O) groups is 1. The van der Waals surface area contributed by atoms with Crippen molar-refractivity contribution in [1.29, 1.82) is 0 Å². The second-order valence-electron chi connectivity index (χ2n) is 5.10. The third-order valence-electron chi connectivity index (χ3n) is 3.45. The van der Waals surface area contributed by atoms with Gasteiger partial charge in [0.1, 0.15) is 0 Å². The molecule has 0 radical (unpaired) electrons. The number of nitrogens with two attached hydrogens (primary N) is 1. The first kappa shape index (κ1) is 17.4.